The zero-order valence-corrected chi connectivity index (χ0v) is 12.0. The molecule has 1 rings (SSSR count). The van der Waals surface area contributed by atoms with Gasteiger partial charge in [-0.05, 0) is 26.0 Å². The van der Waals surface area contributed by atoms with Crippen LogP contribution in [0.3, 0.4) is 0 Å². The van der Waals surface area contributed by atoms with Crippen molar-refractivity contribution in [2.45, 2.75) is 38.1 Å². The fraction of sp³-hybridized carbons (Fsp3) is 0.385. The molecule has 0 amide bonds. The van der Waals surface area contributed by atoms with Crippen molar-refractivity contribution in [1.29, 1.82) is 0 Å². The standard InChI is InChI=1S/C13H17NO4S/c1-4-13(16)9(2)14-19(17,18)12-7-5-6-11(8-12)10(3)15/h5-9,14H,4H2,1-3H3. The lowest BCUT2D eigenvalue weighted by Gasteiger charge is -2.12. The van der Waals surface area contributed by atoms with Crippen molar-refractivity contribution in [1.82, 2.24) is 4.72 Å². The third-order valence-corrected chi connectivity index (χ3v) is 4.25. The highest BCUT2D eigenvalue weighted by Crippen LogP contribution is 2.12. The molecule has 19 heavy (non-hydrogen) atoms. The summed E-state index contributed by atoms with van der Waals surface area (Å²) in [4.78, 5) is 22.6. The van der Waals surface area contributed by atoms with Gasteiger partial charge in [-0.3, -0.25) is 9.59 Å². The number of ketones is 2. The van der Waals surface area contributed by atoms with Crippen molar-refractivity contribution in [3.8, 4) is 0 Å². The first-order valence-corrected chi connectivity index (χ1v) is 7.42. The fourth-order valence-corrected chi connectivity index (χ4v) is 2.83. The molecule has 0 spiro atoms. The Bertz CT molecular complexity index is 592. The lowest BCUT2D eigenvalue weighted by molar-refractivity contribution is -0.119. The van der Waals surface area contributed by atoms with Crippen LogP contribution in [0, 0.1) is 0 Å². The molecule has 1 atom stereocenters. The Morgan fingerprint density at radius 3 is 2.47 bits per heavy atom. The first-order valence-electron chi connectivity index (χ1n) is 5.94. The number of carbonyl (C=O) groups is 2. The molecule has 1 unspecified atom stereocenters. The normalized spacial score (nSPS) is 13.0. The number of hydrogen-bond acceptors (Lipinski definition) is 4. The summed E-state index contributed by atoms with van der Waals surface area (Å²) < 4.78 is 26.4. The third-order valence-electron chi connectivity index (χ3n) is 2.71. The Labute approximate surface area is 113 Å². The van der Waals surface area contributed by atoms with Gasteiger partial charge < -0.3 is 0 Å². The molecule has 0 bridgehead atoms. The molecule has 0 aromatic heterocycles. The predicted octanol–water partition coefficient (Wildman–Crippen LogP) is 1.54. The van der Waals surface area contributed by atoms with Crippen LogP contribution in [-0.4, -0.2) is 26.0 Å². The number of Topliss-reactive ketones (excluding diaryl/α,β-unsaturated/α-hetero) is 2. The lowest BCUT2D eigenvalue weighted by atomic mass is 10.2. The number of carbonyl (C=O) groups excluding carboxylic acids is 2. The van der Waals surface area contributed by atoms with E-state index in [1.807, 2.05) is 0 Å². The molecule has 0 saturated carbocycles. The Kier molecular flexibility index (Phi) is 4.97. The van der Waals surface area contributed by atoms with Gasteiger partial charge in [0.15, 0.2) is 5.78 Å². The van der Waals surface area contributed by atoms with Gasteiger partial charge in [-0.2, -0.15) is 0 Å². The molecule has 0 heterocycles. The van der Waals surface area contributed by atoms with E-state index >= 15 is 0 Å². The van der Waals surface area contributed by atoms with Crippen molar-refractivity contribution in [3.05, 3.63) is 29.8 Å². The van der Waals surface area contributed by atoms with E-state index in [1.165, 1.54) is 32.0 Å². The van der Waals surface area contributed by atoms with Gasteiger partial charge in [0.2, 0.25) is 10.0 Å². The van der Waals surface area contributed by atoms with E-state index in [4.69, 9.17) is 0 Å². The lowest BCUT2D eigenvalue weighted by Crippen LogP contribution is -2.38. The van der Waals surface area contributed by atoms with Gasteiger partial charge in [-0.25, -0.2) is 13.1 Å². The van der Waals surface area contributed by atoms with E-state index in [2.05, 4.69) is 4.72 Å². The summed E-state index contributed by atoms with van der Waals surface area (Å²) in [6, 6.07) is 4.95. The number of sulfonamides is 1. The van der Waals surface area contributed by atoms with E-state index in [1.54, 1.807) is 13.0 Å². The van der Waals surface area contributed by atoms with E-state index in [-0.39, 0.29) is 22.9 Å². The fourth-order valence-electron chi connectivity index (χ4n) is 1.55. The molecule has 0 aliphatic heterocycles. The van der Waals surface area contributed by atoms with Crippen molar-refractivity contribution >= 4 is 21.6 Å². The quantitative estimate of drug-likeness (QED) is 0.803. The van der Waals surface area contributed by atoms with Gasteiger partial charge in [-0.15, -0.1) is 0 Å². The summed E-state index contributed by atoms with van der Waals surface area (Å²) in [6.45, 7) is 4.53. The Morgan fingerprint density at radius 2 is 1.95 bits per heavy atom. The maximum atomic E-state index is 12.1. The highest BCUT2D eigenvalue weighted by molar-refractivity contribution is 7.89. The van der Waals surface area contributed by atoms with Crippen molar-refractivity contribution in [2.75, 3.05) is 0 Å². The molecule has 1 aromatic rings. The smallest absolute Gasteiger partial charge is 0.241 e. The van der Waals surface area contributed by atoms with Crippen LogP contribution in [0.4, 0.5) is 0 Å². The van der Waals surface area contributed by atoms with Crippen LogP contribution < -0.4 is 4.72 Å². The highest BCUT2D eigenvalue weighted by Gasteiger charge is 2.21. The van der Waals surface area contributed by atoms with E-state index in [0.29, 0.717) is 5.56 Å². The number of nitrogens with one attached hydrogen (secondary N) is 1. The van der Waals surface area contributed by atoms with Crippen LogP contribution >= 0.6 is 0 Å². The van der Waals surface area contributed by atoms with Gasteiger partial charge >= 0.3 is 0 Å². The average molecular weight is 283 g/mol. The summed E-state index contributed by atoms with van der Waals surface area (Å²) in [5, 5.41) is 0. The van der Waals surface area contributed by atoms with Gasteiger partial charge in [-0.1, -0.05) is 19.1 Å². The minimum atomic E-state index is -3.79. The Hall–Kier alpha value is -1.53. The molecule has 1 aromatic carbocycles. The summed E-state index contributed by atoms with van der Waals surface area (Å²) in [5.74, 6) is -0.402. The summed E-state index contributed by atoms with van der Waals surface area (Å²) in [7, 11) is -3.79. The third kappa shape index (κ3) is 3.97. The largest absolute Gasteiger partial charge is 0.298 e. The molecule has 104 valence electrons. The molecule has 0 aliphatic carbocycles. The van der Waals surface area contributed by atoms with Crippen molar-refractivity contribution < 1.29 is 18.0 Å². The zero-order chi connectivity index (χ0) is 14.6. The first kappa shape index (κ1) is 15.5. The molecule has 0 radical (unpaired) electrons. The molecular weight excluding hydrogens is 266 g/mol. The van der Waals surface area contributed by atoms with Crippen LogP contribution in [0.25, 0.3) is 0 Å². The minimum absolute atomic E-state index is 0.0176. The Balaban J connectivity index is 3.04. The van der Waals surface area contributed by atoms with E-state index in [9.17, 15) is 18.0 Å². The van der Waals surface area contributed by atoms with Crippen molar-refractivity contribution in [2.24, 2.45) is 0 Å². The van der Waals surface area contributed by atoms with Crippen LogP contribution in [0.15, 0.2) is 29.2 Å². The summed E-state index contributed by atoms with van der Waals surface area (Å²) in [6.07, 6.45) is 0.261. The second kappa shape index (κ2) is 6.08. The molecule has 6 heteroatoms. The zero-order valence-electron chi connectivity index (χ0n) is 11.1. The second-order valence-corrected chi connectivity index (χ2v) is 5.96. The van der Waals surface area contributed by atoms with Gasteiger partial charge in [0.05, 0.1) is 10.9 Å². The van der Waals surface area contributed by atoms with Crippen LogP contribution in [-0.2, 0) is 14.8 Å². The second-order valence-electron chi connectivity index (χ2n) is 4.25. The molecule has 0 saturated heterocycles. The molecule has 5 nitrogen and oxygen atoms in total. The Morgan fingerprint density at radius 1 is 1.32 bits per heavy atom. The van der Waals surface area contributed by atoms with Crippen LogP contribution in [0.5, 0.6) is 0 Å². The van der Waals surface area contributed by atoms with Crippen LogP contribution in [0.2, 0.25) is 0 Å². The van der Waals surface area contributed by atoms with E-state index < -0.39 is 16.1 Å². The van der Waals surface area contributed by atoms with Crippen LogP contribution in [0.1, 0.15) is 37.6 Å². The topological polar surface area (TPSA) is 80.3 Å². The SMILES string of the molecule is CCC(=O)C(C)NS(=O)(=O)c1cccc(C(C)=O)c1. The summed E-state index contributed by atoms with van der Waals surface area (Å²) >= 11 is 0. The van der Waals surface area contributed by atoms with E-state index in [0.717, 1.165) is 0 Å². The number of benzene rings is 1. The van der Waals surface area contributed by atoms with Gasteiger partial charge in [0, 0.05) is 12.0 Å². The average Bonchev–Trinajstić information content (AvgIpc) is 2.37. The molecule has 0 aliphatic rings. The molecule has 1 N–H and O–H groups in total. The minimum Gasteiger partial charge on any atom is -0.298 e. The highest BCUT2D eigenvalue weighted by atomic mass is 32.2. The number of hydrogen-bond donors (Lipinski definition) is 1. The predicted molar refractivity (Wildman–Crippen MR) is 71.5 cm³/mol. The molecule has 0 fully saturated rings. The van der Waals surface area contributed by atoms with Crippen molar-refractivity contribution in [3.63, 3.8) is 0 Å². The van der Waals surface area contributed by atoms with Gasteiger partial charge in [0.25, 0.3) is 0 Å². The first-order chi connectivity index (χ1) is 8.77. The molecular formula is C13H17NO4S. The van der Waals surface area contributed by atoms with Gasteiger partial charge in [0.1, 0.15) is 5.78 Å². The monoisotopic (exact) mass is 283 g/mol. The maximum absolute atomic E-state index is 12.1. The maximum Gasteiger partial charge on any atom is 0.241 e. The summed E-state index contributed by atoms with van der Waals surface area (Å²) in [5.41, 5.74) is 0.317. The number of rotatable bonds is 6.